The molecule has 0 saturated heterocycles. The number of amides is 1. The van der Waals surface area contributed by atoms with Crippen LogP contribution in [0.5, 0.6) is 0 Å². The van der Waals surface area contributed by atoms with Gasteiger partial charge in [0, 0.05) is 12.8 Å². The van der Waals surface area contributed by atoms with Crippen LogP contribution in [0.1, 0.15) is 39.5 Å². The lowest BCUT2D eigenvalue weighted by Gasteiger charge is -2.14. The molecule has 0 aliphatic carbocycles. The molecule has 0 radical (unpaired) electrons. The topological polar surface area (TPSA) is 119 Å². The molecule has 0 aliphatic rings. The van der Waals surface area contributed by atoms with Crippen molar-refractivity contribution in [1.29, 1.82) is 0 Å². The fourth-order valence-electron chi connectivity index (χ4n) is 1.47. The Hall–Kier alpha value is -2.12. The van der Waals surface area contributed by atoms with Crippen LogP contribution in [0.25, 0.3) is 0 Å². The van der Waals surface area contributed by atoms with Gasteiger partial charge in [0.2, 0.25) is 5.91 Å². The Labute approximate surface area is 122 Å². The maximum atomic E-state index is 11.5. The van der Waals surface area contributed by atoms with Crippen LogP contribution in [0, 0.1) is 0 Å². The molecular formula is C13H21NO7. The van der Waals surface area contributed by atoms with Crippen molar-refractivity contribution in [3.05, 3.63) is 0 Å². The van der Waals surface area contributed by atoms with E-state index in [4.69, 9.17) is 5.11 Å². The molecule has 0 aliphatic heterocycles. The van der Waals surface area contributed by atoms with Crippen molar-refractivity contribution in [2.75, 3.05) is 13.2 Å². The molecule has 2 N–H and O–H groups in total. The normalized spacial score (nSPS) is 11.3. The lowest BCUT2D eigenvalue weighted by molar-refractivity contribution is -0.145. The monoisotopic (exact) mass is 303 g/mol. The maximum absolute atomic E-state index is 11.5. The van der Waals surface area contributed by atoms with Crippen molar-refractivity contribution < 1.29 is 33.8 Å². The summed E-state index contributed by atoms with van der Waals surface area (Å²) in [5, 5.41) is 11.2. The summed E-state index contributed by atoms with van der Waals surface area (Å²) in [5.74, 6) is -2.88. The zero-order valence-electron chi connectivity index (χ0n) is 12.2. The van der Waals surface area contributed by atoms with Gasteiger partial charge in [-0.15, -0.1) is 0 Å². The number of aliphatic carboxylic acids is 1. The predicted molar refractivity (Wildman–Crippen MR) is 71.3 cm³/mol. The first-order chi connectivity index (χ1) is 9.90. The number of hydrogen-bond donors (Lipinski definition) is 2. The van der Waals surface area contributed by atoms with E-state index in [0.29, 0.717) is 0 Å². The molecule has 1 amide bonds. The largest absolute Gasteiger partial charge is 0.480 e. The molecule has 21 heavy (non-hydrogen) atoms. The van der Waals surface area contributed by atoms with Crippen LogP contribution in [-0.2, 0) is 28.7 Å². The molecule has 0 aromatic heterocycles. The Morgan fingerprint density at radius 1 is 0.952 bits per heavy atom. The first-order valence-corrected chi connectivity index (χ1v) is 6.74. The summed E-state index contributed by atoms with van der Waals surface area (Å²) in [6.45, 7) is 3.72. The van der Waals surface area contributed by atoms with Crippen LogP contribution in [0.4, 0.5) is 0 Å². The molecule has 1 atom stereocenters. The molecule has 0 spiro atoms. The number of nitrogens with one attached hydrogen (secondary N) is 1. The summed E-state index contributed by atoms with van der Waals surface area (Å²) in [6, 6.07) is -1.19. The number of carboxylic acids is 1. The second-order valence-electron chi connectivity index (χ2n) is 4.11. The highest BCUT2D eigenvalue weighted by molar-refractivity contribution is 5.86. The first-order valence-electron chi connectivity index (χ1n) is 6.74. The molecule has 0 aromatic rings. The Morgan fingerprint density at radius 2 is 1.48 bits per heavy atom. The molecule has 0 heterocycles. The smallest absolute Gasteiger partial charge is 0.326 e. The van der Waals surface area contributed by atoms with Gasteiger partial charge in [0.05, 0.1) is 19.6 Å². The number of carboxylic acid groups (broad SMARTS) is 1. The number of rotatable bonds is 10. The number of carbonyl (C=O) groups excluding carboxylic acids is 3. The average molecular weight is 303 g/mol. The molecule has 0 unspecified atom stereocenters. The van der Waals surface area contributed by atoms with Gasteiger partial charge < -0.3 is 19.9 Å². The lowest BCUT2D eigenvalue weighted by Crippen LogP contribution is -2.41. The van der Waals surface area contributed by atoms with Gasteiger partial charge >= 0.3 is 17.9 Å². The SMILES string of the molecule is CCOC(=O)CCC(=O)N[C@@H](CCC(=O)OCC)C(=O)O. The average Bonchev–Trinajstić information content (AvgIpc) is 2.41. The Kier molecular flexibility index (Phi) is 9.57. The molecule has 8 heteroatoms. The Balaban J connectivity index is 4.18. The van der Waals surface area contributed by atoms with Gasteiger partial charge in [0.1, 0.15) is 6.04 Å². The van der Waals surface area contributed by atoms with E-state index in [2.05, 4.69) is 14.8 Å². The van der Waals surface area contributed by atoms with E-state index < -0.39 is 29.9 Å². The zero-order valence-corrected chi connectivity index (χ0v) is 12.2. The van der Waals surface area contributed by atoms with E-state index in [0.717, 1.165) is 0 Å². The molecule has 8 nitrogen and oxygen atoms in total. The summed E-state index contributed by atoms with van der Waals surface area (Å²) >= 11 is 0. The van der Waals surface area contributed by atoms with Gasteiger partial charge in [-0.05, 0) is 20.3 Å². The fourth-order valence-corrected chi connectivity index (χ4v) is 1.47. The van der Waals surface area contributed by atoms with Crippen molar-refractivity contribution >= 4 is 23.8 Å². The summed E-state index contributed by atoms with van der Waals surface area (Å²) in [4.78, 5) is 44.8. The minimum absolute atomic E-state index is 0.0701. The summed E-state index contributed by atoms with van der Waals surface area (Å²) < 4.78 is 9.33. The van der Waals surface area contributed by atoms with E-state index in [1.807, 2.05) is 0 Å². The van der Waals surface area contributed by atoms with Crippen molar-refractivity contribution in [2.24, 2.45) is 0 Å². The first kappa shape index (κ1) is 18.9. The van der Waals surface area contributed by atoms with Crippen LogP contribution >= 0.6 is 0 Å². The minimum Gasteiger partial charge on any atom is -0.480 e. The van der Waals surface area contributed by atoms with Crippen LogP contribution < -0.4 is 5.32 Å². The third-order valence-electron chi connectivity index (χ3n) is 2.44. The van der Waals surface area contributed by atoms with Gasteiger partial charge in [-0.3, -0.25) is 14.4 Å². The summed E-state index contributed by atoms with van der Waals surface area (Å²) in [7, 11) is 0. The van der Waals surface area contributed by atoms with Crippen LogP contribution in [0.3, 0.4) is 0 Å². The van der Waals surface area contributed by atoms with Crippen molar-refractivity contribution in [1.82, 2.24) is 5.32 Å². The van der Waals surface area contributed by atoms with Gasteiger partial charge in [-0.1, -0.05) is 0 Å². The van der Waals surface area contributed by atoms with Gasteiger partial charge in [0.25, 0.3) is 0 Å². The lowest BCUT2D eigenvalue weighted by atomic mass is 10.1. The number of hydrogen-bond acceptors (Lipinski definition) is 6. The minimum atomic E-state index is -1.25. The molecule has 0 aromatic carbocycles. The van der Waals surface area contributed by atoms with Crippen LogP contribution in [0.2, 0.25) is 0 Å². The van der Waals surface area contributed by atoms with Crippen molar-refractivity contribution in [3.63, 3.8) is 0 Å². The second kappa shape index (κ2) is 10.6. The highest BCUT2D eigenvalue weighted by Gasteiger charge is 2.21. The summed E-state index contributed by atoms with van der Waals surface area (Å²) in [6.07, 6.45) is -0.464. The summed E-state index contributed by atoms with van der Waals surface area (Å²) in [5.41, 5.74) is 0. The van der Waals surface area contributed by atoms with E-state index in [1.165, 1.54) is 0 Å². The highest BCUT2D eigenvalue weighted by atomic mass is 16.5. The molecule has 0 rings (SSSR count). The van der Waals surface area contributed by atoms with E-state index in [-0.39, 0.29) is 38.9 Å². The molecule has 0 saturated carbocycles. The van der Waals surface area contributed by atoms with E-state index in [9.17, 15) is 19.2 Å². The molecule has 0 bridgehead atoms. The Morgan fingerprint density at radius 3 is 1.95 bits per heavy atom. The van der Waals surface area contributed by atoms with Gasteiger partial charge in [-0.25, -0.2) is 4.79 Å². The van der Waals surface area contributed by atoms with Crippen LogP contribution in [0.15, 0.2) is 0 Å². The van der Waals surface area contributed by atoms with Gasteiger partial charge in [-0.2, -0.15) is 0 Å². The third kappa shape index (κ3) is 9.42. The molecule has 120 valence electrons. The second-order valence-corrected chi connectivity index (χ2v) is 4.11. The van der Waals surface area contributed by atoms with Crippen molar-refractivity contribution in [2.45, 2.75) is 45.6 Å². The molecular weight excluding hydrogens is 282 g/mol. The number of ether oxygens (including phenoxy) is 2. The third-order valence-corrected chi connectivity index (χ3v) is 2.44. The molecule has 0 fully saturated rings. The quantitative estimate of drug-likeness (QED) is 0.555. The fraction of sp³-hybridized carbons (Fsp3) is 0.692. The maximum Gasteiger partial charge on any atom is 0.326 e. The van der Waals surface area contributed by atoms with E-state index in [1.54, 1.807) is 13.8 Å². The Bertz CT molecular complexity index is 381. The van der Waals surface area contributed by atoms with Crippen molar-refractivity contribution in [3.8, 4) is 0 Å². The van der Waals surface area contributed by atoms with Crippen LogP contribution in [-0.4, -0.2) is 48.2 Å². The number of carbonyl (C=O) groups is 4. The standard InChI is InChI=1S/C13H21NO7/c1-3-20-11(16)7-5-9(13(18)19)14-10(15)6-8-12(17)21-4-2/h9H,3-8H2,1-2H3,(H,14,15)(H,18,19)/t9-/m0/s1. The zero-order chi connectivity index (χ0) is 16.3. The number of esters is 2. The van der Waals surface area contributed by atoms with Gasteiger partial charge in [0.15, 0.2) is 0 Å². The highest BCUT2D eigenvalue weighted by Crippen LogP contribution is 2.02. The van der Waals surface area contributed by atoms with E-state index >= 15 is 0 Å². The predicted octanol–water partition coefficient (Wildman–Crippen LogP) is 0.242.